The predicted molar refractivity (Wildman–Crippen MR) is 144 cm³/mol. The van der Waals surface area contributed by atoms with Crippen LogP contribution in [-0.2, 0) is 10.0 Å². The van der Waals surface area contributed by atoms with E-state index in [1.54, 1.807) is 23.1 Å². The molecule has 38 heavy (non-hydrogen) atoms. The van der Waals surface area contributed by atoms with Gasteiger partial charge in [0.1, 0.15) is 5.69 Å². The number of benzene rings is 3. The summed E-state index contributed by atoms with van der Waals surface area (Å²) in [5, 5.41) is 23.4. The average Bonchev–Trinajstić information content (AvgIpc) is 3.31. The number of nitrogens with two attached hydrogens (primary N) is 1. The smallest absolute Gasteiger partial charge is 0.326 e. The van der Waals surface area contributed by atoms with Crippen molar-refractivity contribution in [2.75, 3.05) is 12.5 Å². The van der Waals surface area contributed by atoms with Crippen LogP contribution in [0.15, 0.2) is 93.0 Å². The fourth-order valence-electron chi connectivity index (χ4n) is 3.13. The number of nitrogens with one attached hydrogen (secondary N) is 2. The third kappa shape index (κ3) is 6.48. The van der Waals surface area contributed by atoms with E-state index in [1.165, 1.54) is 48.8 Å². The Morgan fingerprint density at radius 3 is 2.50 bits per heavy atom. The number of phenolic OH excluding ortho intramolecular Hbond substituents is 1. The monoisotopic (exact) mass is 551 g/mol. The summed E-state index contributed by atoms with van der Waals surface area (Å²) in [4.78, 5) is 15.4. The number of methoxy groups -OCH3 is 1. The Labute approximate surface area is 221 Å². The van der Waals surface area contributed by atoms with Crippen LogP contribution >= 0.6 is 11.3 Å². The molecule has 3 aromatic carbocycles. The number of hydrogen-bond acceptors (Lipinski definition) is 11. The fraction of sp³-hybridized carbons (Fsp3) is 0.0417. The van der Waals surface area contributed by atoms with Gasteiger partial charge < -0.3 is 15.6 Å². The van der Waals surface area contributed by atoms with Gasteiger partial charge in [-0.15, -0.1) is 10.2 Å². The first kappa shape index (κ1) is 26.2. The maximum atomic E-state index is 12.1. The standard InChI is InChI=1S/C24H21N7O5S2/c1-36-20-13-15(7-12-19(20)32)14-26-30-24-27-21(16-5-3-2-4-6-16)22(37-24)29-28-17-8-10-18(11-9-17)38(34,35)31-23(25)33/h2-14,32H,1H3,(H,27,30)(H3,25,31,33). The SMILES string of the molecule is COc1cc(C=NNc2nc(-c3ccccc3)c(N=Nc3ccc(S(=O)(=O)NC(N)=O)cc3)s2)ccc1O. The van der Waals surface area contributed by atoms with Crippen molar-refractivity contribution in [3.05, 3.63) is 78.4 Å². The number of amides is 2. The number of rotatable bonds is 9. The second-order valence-corrected chi connectivity index (χ2v) is 10.2. The highest BCUT2D eigenvalue weighted by molar-refractivity contribution is 7.90. The zero-order valence-electron chi connectivity index (χ0n) is 19.8. The first-order valence-electron chi connectivity index (χ1n) is 10.8. The minimum absolute atomic E-state index is 0.0265. The number of aromatic nitrogens is 1. The molecule has 2 amide bonds. The Morgan fingerprint density at radius 2 is 1.82 bits per heavy atom. The van der Waals surface area contributed by atoms with Crippen molar-refractivity contribution in [3.8, 4) is 22.8 Å². The number of aromatic hydroxyl groups is 1. The van der Waals surface area contributed by atoms with Gasteiger partial charge in [0.2, 0.25) is 5.13 Å². The Kier molecular flexibility index (Phi) is 7.94. The molecule has 4 rings (SSSR count). The molecule has 0 saturated heterocycles. The van der Waals surface area contributed by atoms with E-state index in [9.17, 15) is 18.3 Å². The number of sulfonamides is 1. The summed E-state index contributed by atoms with van der Waals surface area (Å²) >= 11 is 1.21. The topological polar surface area (TPSA) is 181 Å². The molecule has 0 radical (unpaired) electrons. The van der Waals surface area contributed by atoms with Crippen LogP contribution < -0.4 is 20.6 Å². The van der Waals surface area contributed by atoms with E-state index < -0.39 is 16.1 Å². The van der Waals surface area contributed by atoms with Gasteiger partial charge >= 0.3 is 6.03 Å². The number of azo groups is 1. The first-order valence-corrected chi connectivity index (χ1v) is 13.1. The molecule has 14 heteroatoms. The molecule has 0 aliphatic heterocycles. The molecule has 0 fully saturated rings. The molecule has 0 unspecified atom stereocenters. The highest BCUT2D eigenvalue weighted by Crippen LogP contribution is 2.39. The van der Waals surface area contributed by atoms with E-state index in [-0.39, 0.29) is 10.6 Å². The van der Waals surface area contributed by atoms with Crippen LogP contribution in [0.3, 0.4) is 0 Å². The number of phenols is 1. The van der Waals surface area contributed by atoms with E-state index in [2.05, 4.69) is 25.7 Å². The summed E-state index contributed by atoms with van der Waals surface area (Å²) in [5.74, 6) is 0.352. The summed E-state index contributed by atoms with van der Waals surface area (Å²) in [6, 6.07) is 18.5. The van der Waals surface area contributed by atoms with Gasteiger partial charge in [-0.2, -0.15) is 5.10 Å². The summed E-state index contributed by atoms with van der Waals surface area (Å²) in [6.45, 7) is 0. The number of nitrogens with zero attached hydrogens (tertiary/aromatic N) is 4. The van der Waals surface area contributed by atoms with Gasteiger partial charge in [-0.25, -0.2) is 22.9 Å². The van der Waals surface area contributed by atoms with Crippen molar-refractivity contribution in [1.82, 2.24) is 9.71 Å². The van der Waals surface area contributed by atoms with E-state index >= 15 is 0 Å². The van der Waals surface area contributed by atoms with Crippen molar-refractivity contribution in [2.24, 2.45) is 21.1 Å². The average molecular weight is 552 g/mol. The van der Waals surface area contributed by atoms with Crippen molar-refractivity contribution in [2.45, 2.75) is 4.90 Å². The Hall–Kier alpha value is -4.82. The van der Waals surface area contributed by atoms with Crippen LogP contribution in [0.25, 0.3) is 11.3 Å². The van der Waals surface area contributed by atoms with E-state index in [0.29, 0.717) is 32.8 Å². The van der Waals surface area contributed by atoms with E-state index in [0.717, 1.165) is 5.56 Å². The molecular formula is C24H21N7O5S2. The normalized spacial score (nSPS) is 11.6. The minimum Gasteiger partial charge on any atom is -0.504 e. The lowest BCUT2D eigenvalue weighted by atomic mass is 10.2. The molecule has 0 atom stereocenters. The number of primary amides is 1. The molecule has 12 nitrogen and oxygen atoms in total. The van der Waals surface area contributed by atoms with Crippen LogP contribution in [0.1, 0.15) is 5.56 Å². The van der Waals surface area contributed by atoms with Gasteiger partial charge in [0.05, 0.1) is 23.9 Å². The van der Waals surface area contributed by atoms with Crippen molar-refractivity contribution in [1.29, 1.82) is 0 Å². The van der Waals surface area contributed by atoms with Gasteiger partial charge in [0, 0.05) is 5.56 Å². The third-order valence-corrected chi connectivity index (χ3v) is 7.08. The number of urea groups is 1. The number of hydrazone groups is 1. The molecule has 194 valence electrons. The number of carbonyl (C=O) groups excluding carboxylic acids is 1. The van der Waals surface area contributed by atoms with Crippen molar-refractivity contribution >= 4 is 49.4 Å². The van der Waals surface area contributed by atoms with Crippen LogP contribution in [0.2, 0.25) is 0 Å². The van der Waals surface area contributed by atoms with Crippen molar-refractivity contribution in [3.63, 3.8) is 0 Å². The number of carbonyl (C=O) groups is 1. The number of hydrogen-bond donors (Lipinski definition) is 4. The summed E-state index contributed by atoms with van der Waals surface area (Å²) in [5.41, 5.74) is 10.2. The lowest BCUT2D eigenvalue weighted by Crippen LogP contribution is -2.34. The molecule has 1 heterocycles. The lowest BCUT2D eigenvalue weighted by molar-refractivity contribution is 0.253. The highest BCUT2D eigenvalue weighted by atomic mass is 32.2. The minimum atomic E-state index is -4.06. The Bertz CT molecular complexity index is 1600. The van der Waals surface area contributed by atoms with E-state index in [4.69, 9.17) is 10.5 Å². The van der Waals surface area contributed by atoms with Crippen LogP contribution in [-0.4, -0.2) is 37.9 Å². The number of ether oxygens (including phenoxy) is 1. The molecule has 0 aliphatic carbocycles. The number of anilines is 1. The second-order valence-electron chi connectivity index (χ2n) is 7.50. The Morgan fingerprint density at radius 1 is 1.08 bits per heavy atom. The van der Waals surface area contributed by atoms with Crippen LogP contribution in [0.4, 0.5) is 20.6 Å². The van der Waals surface area contributed by atoms with Gasteiger partial charge in [-0.05, 0) is 48.0 Å². The summed E-state index contributed by atoms with van der Waals surface area (Å²) < 4.78 is 30.9. The first-order chi connectivity index (χ1) is 18.2. The second kappa shape index (κ2) is 11.5. The zero-order valence-corrected chi connectivity index (χ0v) is 21.4. The molecule has 1 aromatic heterocycles. The highest BCUT2D eigenvalue weighted by Gasteiger charge is 2.16. The van der Waals surface area contributed by atoms with E-state index in [1.807, 2.05) is 30.3 Å². The third-order valence-electron chi connectivity index (χ3n) is 4.87. The molecule has 0 spiro atoms. The summed E-state index contributed by atoms with van der Waals surface area (Å²) in [6.07, 6.45) is 1.55. The number of thiazole rings is 1. The molecule has 0 bridgehead atoms. The largest absolute Gasteiger partial charge is 0.504 e. The molecule has 0 saturated carbocycles. The van der Waals surface area contributed by atoms with Gasteiger partial charge in [0.25, 0.3) is 10.0 Å². The van der Waals surface area contributed by atoms with Gasteiger partial charge in [0.15, 0.2) is 16.5 Å². The van der Waals surface area contributed by atoms with Gasteiger partial charge in [-0.3, -0.25) is 5.43 Å². The van der Waals surface area contributed by atoms with Crippen LogP contribution in [0.5, 0.6) is 11.5 Å². The molecule has 5 N–H and O–H groups in total. The maximum absolute atomic E-state index is 12.1. The predicted octanol–water partition coefficient (Wildman–Crippen LogP) is 4.74. The quantitative estimate of drug-likeness (QED) is 0.132. The molecule has 0 aliphatic rings. The lowest BCUT2D eigenvalue weighted by Gasteiger charge is -2.03. The zero-order chi connectivity index (χ0) is 27.1. The van der Waals surface area contributed by atoms with Gasteiger partial charge in [-0.1, -0.05) is 41.7 Å². The molecule has 4 aromatic rings. The van der Waals surface area contributed by atoms with Crippen molar-refractivity contribution < 1.29 is 23.1 Å². The summed E-state index contributed by atoms with van der Waals surface area (Å²) in [7, 11) is -2.60. The molecular weight excluding hydrogens is 530 g/mol. The fourth-order valence-corrected chi connectivity index (χ4v) is 4.77. The Balaban J connectivity index is 1.56. The van der Waals surface area contributed by atoms with Crippen LogP contribution in [0, 0.1) is 0 Å². The maximum Gasteiger partial charge on any atom is 0.326 e.